The van der Waals surface area contributed by atoms with Crippen molar-refractivity contribution in [1.29, 1.82) is 0 Å². The zero-order valence-corrected chi connectivity index (χ0v) is 14.2. The number of hydrogen-bond acceptors (Lipinski definition) is 5. The molecule has 3 aromatic rings. The van der Waals surface area contributed by atoms with Crippen molar-refractivity contribution in [2.24, 2.45) is 5.92 Å². The van der Waals surface area contributed by atoms with Crippen LogP contribution in [0.15, 0.2) is 42.7 Å². The van der Waals surface area contributed by atoms with Crippen molar-refractivity contribution < 1.29 is 4.79 Å². The van der Waals surface area contributed by atoms with Crippen LogP contribution in [0, 0.1) is 12.8 Å². The average Bonchev–Trinajstić information content (AvgIpc) is 2.96. The molecule has 6 nitrogen and oxygen atoms in total. The molecule has 1 aromatic carbocycles. The Labute approximate surface area is 145 Å². The molecule has 0 aliphatic heterocycles. The lowest BCUT2D eigenvalue weighted by molar-refractivity contribution is 0.0953. The highest BCUT2D eigenvalue weighted by molar-refractivity contribution is 6.03. The number of carbonyl (C=O) groups excluding carboxylic acids is 1. The Bertz CT molecular complexity index is 915. The van der Waals surface area contributed by atoms with Gasteiger partial charge >= 0.3 is 0 Å². The van der Waals surface area contributed by atoms with Crippen molar-refractivity contribution in [3.8, 4) is 5.95 Å². The number of rotatable bonds is 3. The summed E-state index contributed by atoms with van der Waals surface area (Å²) >= 11 is 0. The predicted octanol–water partition coefficient (Wildman–Crippen LogP) is 3.48. The molecule has 0 amide bonds. The van der Waals surface area contributed by atoms with Crippen LogP contribution in [-0.4, -0.2) is 25.5 Å². The minimum absolute atomic E-state index is 0.116. The van der Waals surface area contributed by atoms with Gasteiger partial charge < -0.3 is 5.32 Å². The van der Waals surface area contributed by atoms with Crippen LogP contribution in [0.25, 0.3) is 5.95 Å². The van der Waals surface area contributed by atoms with Crippen molar-refractivity contribution in [3.63, 3.8) is 0 Å². The molecule has 0 saturated carbocycles. The van der Waals surface area contributed by atoms with Gasteiger partial charge in [-0.3, -0.25) is 4.79 Å². The number of ketones is 1. The maximum absolute atomic E-state index is 12.7. The standard InChI is InChI=1S/C19H19N5O/c1-12-4-6-14(7-5-12)22-18-17-15(10-13(2)11-16(17)25)24(23-18)19-20-8-3-9-21-19/h3-9,13H,10-11H2,1-2H3,(H,22,23). The van der Waals surface area contributed by atoms with E-state index in [4.69, 9.17) is 0 Å². The smallest absolute Gasteiger partial charge is 0.250 e. The first-order valence-corrected chi connectivity index (χ1v) is 8.38. The summed E-state index contributed by atoms with van der Waals surface area (Å²) in [7, 11) is 0. The van der Waals surface area contributed by atoms with E-state index in [1.54, 1.807) is 23.1 Å². The van der Waals surface area contributed by atoms with Gasteiger partial charge in [0.25, 0.3) is 5.95 Å². The largest absolute Gasteiger partial charge is 0.338 e. The van der Waals surface area contributed by atoms with Gasteiger partial charge in [-0.05, 0) is 37.5 Å². The van der Waals surface area contributed by atoms with Crippen LogP contribution in [-0.2, 0) is 6.42 Å². The summed E-state index contributed by atoms with van der Waals surface area (Å²) < 4.78 is 1.69. The summed E-state index contributed by atoms with van der Waals surface area (Å²) in [4.78, 5) is 21.3. The lowest BCUT2D eigenvalue weighted by Gasteiger charge is -2.18. The molecule has 126 valence electrons. The van der Waals surface area contributed by atoms with Crippen LogP contribution in [0.1, 0.15) is 35.0 Å². The highest BCUT2D eigenvalue weighted by Gasteiger charge is 2.31. The lowest BCUT2D eigenvalue weighted by Crippen LogP contribution is -2.20. The molecule has 0 saturated heterocycles. The second-order valence-electron chi connectivity index (χ2n) is 6.56. The fraction of sp³-hybridized carbons (Fsp3) is 0.263. The Morgan fingerprint density at radius 1 is 1.12 bits per heavy atom. The SMILES string of the molecule is Cc1ccc(Nc2nn(-c3ncccn3)c3c2C(=O)CC(C)C3)cc1. The number of carbonyl (C=O) groups is 1. The lowest BCUT2D eigenvalue weighted by atomic mass is 9.88. The highest BCUT2D eigenvalue weighted by Crippen LogP contribution is 2.33. The third-order valence-electron chi connectivity index (χ3n) is 4.39. The van der Waals surface area contributed by atoms with Gasteiger partial charge in [0.1, 0.15) is 0 Å². The molecular formula is C19H19N5O. The van der Waals surface area contributed by atoms with Crippen LogP contribution >= 0.6 is 0 Å². The number of anilines is 2. The van der Waals surface area contributed by atoms with E-state index in [1.807, 2.05) is 31.2 Å². The first kappa shape index (κ1) is 15.5. The summed E-state index contributed by atoms with van der Waals surface area (Å²) in [5, 5.41) is 7.91. The third-order valence-corrected chi connectivity index (χ3v) is 4.39. The molecule has 1 unspecified atom stereocenters. The first-order valence-electron chi connectivity index (χ1n) is 8.38. The molecule has 6 heteroatoms. The molecule has 25 heavy (non-hydrogen) atoms. The quantitative estimate of drug-likeness (QED) is 0.794. The van der Waals surface area contributed by atoms with E-state index in [2.05, 4.69) is 27.3 Å². The van der Waals surface area contributed by atoms with E-state index in [0.29, 0.717) is 23.8 Å². The van der Waals surface area contributed by atoms with Gasteiger partial charge in [-0.25, -0.2) is 14.6 Å². The van der Waals surface area contributed by atoms with E-state index < -0.39 is 0 Å². The zero-order valence-electron chi connectivity index (χ0n) is 14.2. The number of aryl methyl sites for hydroxylation is 1. The fourth-order valence-corrected chi connectivity index (χ4v) is 3.18. The summed E-state index contributed by atoms with van der Waals surface area (Å²) in [6, 6.07) is 9.77. The molecular weight excluding hydrogens is 314 g/mol. The van der Waals surface area contributed by atoms with Gasteiger partial charge in [0, 0.05) is 24.5 Å². The molecule has 4 rings (SSSR count). The third kappa shape index (κ3) is 2.91. The Hall–Kier alpha value is -3.02. The van der Waals surface area contributed by atoms with E-state index in [-0.39, 0.29) is 11.7 Å². The summed E-state index contributed by atoms with van der Waals surface area (Å²) in [5.74, 6) is 1.46. The Balaban J connectivity index is 1.82. The van der Waals surface area contributed by atoms with Crippen molar-refractivity contribution in [2.75, 3.05) is 5.32 Å². The number of fused-ring (bicyclic) bond motifs is 1. The Kier molecular flexibility index (Phi) is 3.80. The number of aromatic nitrogens is 4. The molecule has 1 aliphatic carbocycles. The second kappa shape index (κ2) is 6.12. The molecule has 0 fully saturated rings. The minimum Gasteiger partial charge on any atom is -0.338 e. The molecule has 1 aliphatic rings. The molecule has 1 N–H and O–H groups in total. The molecule has 0 radical (unpaired) electrons. The maximum atomic E-state index is 12.7. The molecule has 1 atom stereocenters. The van der Waals surface area contributed by atoms with E-state index >= 15 is 0 Å². The number of Topliss-reactive ketones (excluding diaryl/α,β-unsaturated/α-hetero) is 1. The van der Waals surface area contributed by atoms with Gasteiger partial charge in [0.2, 0.25) is 0 Å². The van der Waals surface area contributed by atoms with Crippen molar-refractivity contribution >= 4 is 17.3 Å². The fourth-order valence-electron chi connectivity index (χ4n) is 3.18. The van der Waals surface area contributed by atoms with E-state index in [9.17, 15) is 4.79 Å². The summed E-state index contributed by atoms with van der Waals surface area (Å²) in [6.07, 6.45) is 4.67. The normalized spacial score (nSPS) is 16.6. The summed E-state index contributed by atoms with van der Waals surface area (Å²) in [6.45, 7) is 4.12. The molecule has 2 aromatic heterocycles. The van der Waals surface area contributed by atoms with Crippen molar-refractivity contribution in [3.05, 3.63) is 59.5 Å². The second-order valence-corrected chi connectivity index (χ2v) is 6.56. The van der Waals surface area contributed by atoms with Gasteiger partial charge in [-0.1, -0.05) is 24.6 Å². The van der Waals surface area contributed by atoms with E-state index in [0.717, 1.165) is 17.8 Å². The number of hydrogen-bond donors (Lipinski definition) is 1. The van der Waals surface area contributed by atoms with Gasteiger partial charge in [-0.2, -0.15) is 0 Å². The van der Waals surface area contributed by atoms with Crippen molar-refractivity contribution in [1.82, 2.24) is 19.7 Å². The maximum Gasteiger partial charge on any atom is 0.250 e. The Morgan fingerprint density at radius 2 is 1.84 bits per heavy atom. The Morgan fingerprint density at radius 3 is 2.56 bits per heavy atom. The first-order chi connectivity index (χ1) is 12.1. The average molecular weight is 333 g/mol. The van der Waals surface area contributed by atoms with Crippen LogP contribution < -0.4 is 5.32 Å². The topological polar surface area (TPSA) is 72.7 Å². The minimum atomic E-state index is 0.116. The predicted molar refractivity (Wildman–Crippen MR) is 95.4 cm³/mol. The molecule has 0 spiro atoms. The van der Waals surface area contributed by atoms with Crippen LogP contribution in [0.5, 0.6) is 0 Å². The highest BCUT2D eigenvalue weighted by atomic mass is 16.1. The van der Waals surface area contributed by atoms with Crippen LogP contribution in [0.3, 0.4) is 0 Å². The zero-order chi connectivity index (χ0) is 17.4. The van der Waals surface area contributed by atoms with Crippen LogP contribution in [0.4, 0.5) is 11.5 Å². The van der Waals surface area contributed by atoms with Gasteiger partial charge in [-0.15, -0.1) is 5.10 Å². The van der Waals surface area contributed by atoms with Crippen molar-refractivity contribution in [2.45, 2.75) is 26.7 Å². The molecule has 0 bridgehead atoms. The number of nitrogens with zero attached hydrogens (tertiary/aromatic N) is 4. The molecule has 2 heterocycles. The monoisotopic (exact) mass is 333 g/mol. The van der Waals surface area contributed by atoms with Gasteiger partial charge in [0.05, 0.1) is 11.3 Å². The van der Waals surface area contributed by atoms with Crippen LogP contribution in [0.2, 0.25) is 0 Å². The number of benzene rings is 1. The number of nitrogens with one attached hydrogen (secondary N) is 1. The van der Waals surface area contributed by atoms with Gasteiger partial charge in [0.15, 0.2) is 11.6 Å². The summed E-state index contributed by atoms with van der Waals surface area (Å²) in [5.41, 5.74) is 3.62. The van der Waals surface area contributed by atoms with E-state index in [1.165, 1.54) is 5.56 Å².